The molecule has 3 heterocycles. The molecule has 12 nitrogen and oxygen atoms in total. The van der Waals surface area contributed by atoms with Gasteiger partial charge in [-0.2, -0.15) is 0 Å². The number of non-ortho nitro benzene ring substituents is 1. The van der Waals surface area contributed by atoms with E-state index < -0.39 is 36.1 Å². The summed E-state index contributed by atoms with van der Waals surface area (Å²) in [5, 5.41) is 43.6. The van der Waals surface area contributed by atoms with Crippen LogP contribution in [0.4, 0.5) is 11.5 Å². The quantitative estimate of drug-likeness (QED) is 0.328. The van der Waals surface area contributed by atoms with Crippen LogP contribution in [0, 0.1) is 10.1 Å². The second-order valence-electron chi connectivity index (χ2n) is 6.99. The highest BCUT2D eigenvalue weighted by molar-refractivity contribution is 5.82. The molecule has 30 heavy (non-hydrogen) atoms. The van der Waals surface area contributed by atoms with Crippen LogP contribution in [0.25, 0.3) is 11.2 Å². The van der Waals surface area contributed by atoms with Crippen LogP contribution in [0.2, 0.25) is 0 Å². The van der Waals surface area contributed by atoms with Crippen molar-refractivity contribution in [3.05, 3.63) is 52.6 Å². The fourth-order valence-electron chi connectivity index (χ4n) is 3.43. The molecule has 4 N–H and O–H groups in total. The molecule has 1 saturated heterocycles. The summed E-state index contributed by atoms with van der Waals surface area (Å²) in [5.41, 5.74) is 1.62. The summed E-state index contributed by atoms with van der Waals surface area (Å²) in [4.78, 5) is 23.1. The zero-order chi connectivity index (χ0) is 21.4. The molecule has 1 fully saturated rings. The van der Waals surface area contributed by atoms with Gasteiger partial charge in [0.1, 0.15) is 24.6 Å². The molecule has 1 aliphatic rings. The van der Waals surface area contributed by atoms with Crippen LogP contribution in [0.1, 0.15) is 24.8 Å². The number of rotatable bonds is 6. The number of aliphatic hydroxyl groups is 3. The van der Waals surface area contributed by atoms with Crippen LogP contribution >= 0.6 is 0 Å². The predicted molar refractivity (Wildman–Crippen MR) is 103 cm³/mol. The molecule has 12 heteroatoms. The third-order valence-corrected chi connectivity index (χ3v) is 5.11. The fraction of sp³-hybridized carbons (Fsp3) is 0.389. The summed E-state index contributed by atoms with van der Waals surface area (Å²) in [6, 6.07) is 5.94. The van der Waals surface area contributed by atoms with Crippen molar-refractivity contribution in [3.8, 4) is 0 Å². The van der Waals surface area contributed by atoms with E-state index >= 15 is 0 Å². The van der Waals surface area contributed by atoms with E-state index in [1.165, 1.54) is 29.4 Å². The Morgan fingerprint density at radius 2 is 1.97 bits per heavy atom. The molecule has 0 saturated carbocycles. The number of aromatic nitrogens is 4. The molecular formula is C18H20N6O6. The smallest absolute Gasteiger partial charge is 0.269 e. The van der Waals surface area contributed by atoms with Crippen LogP contribution in [-0.4, -0.2) is 64.7 Å². The lowest BCUT2D eigenvalue weighted by Gasteiger charge is -2.17. The van der Waals surface area contributed by atoms with E-state index in [2.05, 4.69) is 20.3 Å². The first-order valence-electron chi connectivity index (χ1n) is 9.21. The molecule has 0 spiro atoms. The van der Waals surface area contributed by atoms with E-state index in [0.717, 1.165) is 5.56 Å². The van der Waals surface area contributed by atoms with Gasteiger partial charge >= 0.3 is 0 Å². The Morgan fingerprint density at radius 1 is 1.23 bits per heavy atom. The summed E-state index contributed by atoms with van der Waals surface area (Å²) in [5.74, 6) is 0.427. The molecular weight excluding hydrogens is 396 g/mol. The standard InChI is InChI=1S/C18H20N6O6/c1-9(10-2-4-11(5-3-10)24(28)29)22-16-13-17(20-7-19-16)23(8-21-13)18-15(27)14(26)12(6-25)30-18/h2-5,7-9,12,14-15,18,25-27H,6H2,1H3,(H,19,20,22)/t9-,12+,14-,15?,18+/m0/s1. The normalized spacial score (nSPS) is 24.8. The number of aliphatic hydroxyl groups excluding tert-OH is 3. The van der Waals surface area contributed by atoms with Crippen LogP contribution in [0.3, 0.4) is 0 Å². The number of benzene rings is 1. The zero-order valence-corrected chi connectivity index (χ0v) is 15.9. The molecule has 0 radical (unpaired) electrons. The second-order valence-corrected chi connectivity index (χ2v) is 6.99. The van der Waals surface area contributed by atoms with Gasteiger partial charge in [-0.1, -0.05) is 12.1 Å². The molecule has 5 atom stereocenters. The van der Waals surface area contributed by atoms with Crippen LogP contribution in [0.5, 0.6) is 0 Å². The number of ether oxygens (including phenoxy) is 1. The third kappa shape index (κ3) is 3.45. The van der Waals surface area contributed by atoms with Gasteiger partial charge in [0.25, 0.3) is 5.69 Å². The van der Waals surface area contributed by atoms with Gasteiger partial charge < -0.3 is 25.4 Å². The molecule has 0 aliphatic carbocycles. The molecule has 0 bridgehead atoms. The maximum Gasteiger partial charge on any atom is 0.269 e. The number of nitro benzene ring substituents is 1. The van der Waals surface area contributed by atoms with Crippen molar-refractivity contribution in [1.29, 1.82) is 0 Å². The number of anilines is 1. The number of fused-ring (bicyclic) bond motifs is 1. The first kappa shape index (κ1) is 20.1. The lowest BCUT2D eigenvalue weighted by molar-refractivity contribution is -0.384. The Kier molecular flexibility index (Phi) is 5.30. The number of hydrogen-bond donors (Lipinski definition) is 4. The van der Waals surface area contributed by atoms with Crippen LogP contribution in [-0.2, 0) is 4.74 Å². The van der Waals surface area contributed by atoms with Gasteiger partial charge in [-0.25, -0.2) is 15.0 Å². The zero-order valence-electron chi connectivity index (χ0n) is 15.9. The van der Waals surface area contributed by atoms with Gasteiger partial charge in [0.15, 0.2) is 23.2 Å². The first-order valence-corrected chi connectivity index (χ1v) is 9.21. The average Bonchev–Trinajstić information content (AvgIpc) is 3.30. The molecule has 0 amide bonds. The predicted octanol–water partition coefficient (Wildman–Crippen LogP) is 0.519. The van der Waals surface area contributed by atoms with E-state index in [4.69, 9.17) is 4.74 Å². The Morgan fingerprint density at radius 3 is 2.60 bits per heavy atom. The van der Waals surface area contributed by atoms with Crippen molar-refractivity contribution in [2.75, 3.05) is 11.9 Å². The summed E-state index contributed by atoms with van der Waals surface area (Å²) >= 11 is 0. The molecule has 1 aromatic carbocycles. The number of nitro groups is 1. The number of imidazole rings is 1. The van der Waals surface area contributed by atoms with Crippen molar-refractivity contribution in [2.45, 2.75) is 37.5 Å². The highest BCUT2D eigenvalue weighted by atomic mass is 16.6. The van der Waals surface area contributed by atoms with Gasteiger partial charge in [0.05, 0.1) is 23.9 Å². The summed E-state index contributed by atoms with van der Waals surface area (Å²) in [6.07, 6.45) is -1.63. The number of nitrogens with zero attached hydrogens (tertiary/aromatic N) is 5. The minimum absolute atomic E-state index is 0.00705. The Balaban J connectivity index is 1.60. The minimum Gasteiger partial charge on any atom is -0.394 e. The van der Waals surface area contributed by atoms with E-state index in [0.29, 0.717) is 17.0 Å². The van der Waals surface area contributed by atoms with E-state index in [-0.39, 0.29) is 11.7 Å². The summed E-state index contributed by atoms with van der Waals surface area (Å²) in [7, 11) is 0. The van der Waals surface area contributed by atoms with Gasteiger partial charge in [0, 0.05) is 12.1 Å². The van der Waals surface area contributed by atoms with Crippen molar-refractivity contribution in [2.24, 2.45) is 0 Å². The molecule has 2 aromatic heterocycles. The van der Waals surface area contributed by atoms with Crippen molar-refractivity contribution in [3.63, 3.8) is 0 Å². The Bertz CT molecular complexity index is 1060. The van der Waals surface area contributed by atoms with E-state index in [1.54, 1.807) is 12.1 Å². The highest BCUT2D eigenvalue weighted by Gasteiger charge is 2.44. The largest absolute Gasteiger partial charge is 0.394 e. The maximum atomic E-state index is 10.8. The highest BCUT2D eigenvalue weighted by Crippen LogP contribution is 2.32. The molecule has 158 valence electrons. The molecule has 4 rings (SSSR count). The lowest BCUT2D eigenvalue weighted by Crippen LogP contribution is -2.33. The summed E-state index contributed by atoms with van der Waals surface area (Å²) < 4.78 is 7.02. The van der Waals surface area contributed by atoms with Crippen LogP contribution < -0.4 is 5.32 Å². The van der Waals surface area contributed by atoms with E-state index in [1.807, 2.05) is 6.92 Å². The lowest BCUT2D eigenvalue weighted by atomic mass is 10.1. The Labute approximate surface area is 169 Å². The molecule has 3 aromatic rings. The van der Waals surface area contributed by atoms with Crippen molar-refractivity contribution < 1.29 is 25.0 Å². The Hall–Kier alpha value is -3.19. The molecule has 1 unspecified atom stereocenters. The van der Waals surface area contributed by atoms with Crippen LogP contribution in [0.15, 0.2) is 36.9 Å². The SMILES string of the molecule is C[C@H](Nc1ncnc2c1ncn2[C@@H]1O[C@H](CO)[C@H](O)C1O)c1ccc([N+](=O)[O-])cc1. The average molecular weight is 416 g/mol. The summed E-state index contributed by atoms with van der Waals surface area (Å²) in [6.45, 7) is 1.44. The second kappa shape index (κ2) is 7.91. The topological polar surface area (TPSA) is 169 Å². The van der Waals surface area contributed by atoms with Gasteiger partial charge in [-0.15, -0.1) is 0 Å². The molecule has 1 aliphatic heterocycles. The fourth-order valence-corrected chi connectivity index (χ4v) is 3.43. The van der Waals surface area contributed by atoms with Crippen molar-refractivity contribution in [1.82, 2.24) is 19.5 Å². The number of hydrogen-bond acceptors (Lipinski definition) is 10. The van der Waals surface area contributed by atoms with E-state index in [9.17, 15) is 25.4 Å². The number of nitrogens with one attached hydrogen (secondary N) is 1. The third-order valence-electron chi connectivity index (χ3n) is 5.11. The van der Waals surface area contributed by atoms with Crippen molar-refractivity contribution >= 4 is 22.7 Å². The first-order chi connectivity index (χ1) is 14.4. The monoisotopic (exact) mass is 416 g/mol. The van der Waals surface area contributed by atoms with Gasteiger partial charge in [-0.05, 0) is 12.5 Å². The maximum absolute atomic E-state index is 10.8. The van der Waals surface area contributed by atoms with Gasteiger partial charge in [0.2, 0.25) is 0 Å². The minimum atomic E-state index is -1.26. The van der Waals surface area contributed by atoms with Gasteiger partial charge in [-0.3, -0.25) is 14.7 Å².